The van der Waals surface area contributed by atoms with Gasteiger partial charge in [0.2, 0.25) is 0 Å². The largest absolute Gasteiger partial charge is 0.489 e. The van der Waals surface area contributed by atoms with Crippen LogP contribution in [-0.4, -0.2) is 29.8 Å². The molecule has 6 nitrogen and oxygen atoms in total. The van der Waals surface area contributed by atoms with E-state index in [1.54, 1.807) is 24.3 Å². The molecular weight excluding hydrogens is 320 g/mol. The highest BCUT2D eigenvalue weighted by molar-refractivity contribution is 5.94. The molecule has 1 fully saturated rings. The number of hydrogen-bond acceptors (Lipinski definition) is 5. The Morgan fingerprint density at radius 1 is 1.36 bits per heavy atom. The number of hydrogen-bond donors (Lipinski definition) is 1. The minimum absolute atomic E-state index is 0.00506. The summed E-state index contributed by atoms with van der Waals surface area (Å²) in [5.41, 5.74) is 2.39. The fourth-order valence-electron chi connectivity index (χ4n) is 2.95. The maximum Gasteiger partial charge on any atom is 0.251 e. The molecule has 0 radical (unpaired) electrons. The highest BCUT2D eigenvalue weighted by Gasteiger charge is 2.23. The first kappa shape index (κ1) is 17.5. The van der Waals surface area contributed by atoms with Crippen molar-refractivity contribution >= 4 is 5.91 Å². The first-order valence-corrected chi connectivity index (χ1v) is 8.61. The number of carbonyl (C=O) groups is 1. The number of carbonyl (C=O) groups excluding carboxylic acids is 1. The molecule has 1 aromatic heterocycles. The number of ether oxygens (including phenoxy) is 2. The van der Waals surface area contributed by atoms with E-state index >= 15 is 0 Å². The Hall–Kier alpha value is -2.34. The number of aryl methyl sites for hydroxylation is 2. The van der Waals surface area contributed by atoms with E-state index in [2.05, 4.69) is 10.5 Å². The molecule has 1 amide bonds. The van der Waals surface area contributed by atoms with Gasteiger partial charge in [0.15, 0.2) is 0 Å². The van der Waals surface area contributed by atoms with Gasteiger partial charge >= 0.3 is 0 Å². The minimum Gasteiger partial charge on any atom is -0.489 e. The average molecular weight is 344 g/mol. The molecule has 6 heteroatoms. The van der Waals surface area contributed by atoms with Crippen LogP contribution in [0.5, 0.6) is 5.75 Å². The summed E-state index contributed by atoms with van der Waals surface area (Å²) in [6.07, 6.45) is 2.17. The number of rotatable bonds is 6. The monoisotopic (exact) mass is 344 g/mol. The molecule has 0 bridgehead atoms. The van der Waals surface area contributed by atoms with Crippen molar-refractivity contribution in [2.75, 3.05) is 6.61 Å². The number of amides is 1. The Morgan fingerprint density at radius 3 is 2.72 bits per heavy atom. The van der Waals surface area contributed by atoms with Gasteiger partial charge in [-0.2, -0.15) is 0 Å². The van der Waals surface area contributed by atoms with E-state index < -0.39 is 0 Å². The van der Waals surface area contributed by atoms with Gasteiger partial charge in [-0.15, -0.1) is 0 Å². The molecule has 2 unspecified atom stereocenters. The van der Waals surface area contributed by atoms with Gasteiger partial charge in [0.1, 0.15) is 18.1 Å². The third-order valence-corrected chi connectivity index (χ3v) is 4.56. The van der Waals surface area contributed by atoms with Crippen molar-refractivity contribution in [1.29, 1.82) is 0 Å². The Bertz CT molecular complexity index is 698. The summed E-state index contributed by atoms with van der Waals surface area (Å²) in [7, 11) is 0. The van der Waals surface area contributed by atoms with Crippen LogP contribution in [0.2, 0.25) is 0 Å². The Morgan fingerprint density at radius 2 is 2.12 bits per heavy atom. The molecule has 25 heavy (non-hydrogen) atoms. The van der Waals surface area contributed by atoms with Gasteiger partial charge in [-0.1, -0.05) is 5.16 Å². The third kappa shape index (κ3) is 4.20. The molecule has 2 heterocycles. The van der Waals surface area contributed by atoms with E-state index in [1.165, 1.54) is 0 Å². The quantitative estimate of drug-likeness (QED) is 0.871. The molecule has 134 valence electrons. The standard InChI is InChI=1S/C19H24N2O4/c1-12-17(14(3)25-21-12)11-24-16-8-6-15(7-9-16)19(22)20-13(2)18-5-4-10-23-18/h6-9,13,18H,4-5,10-11H2,1-3H3,(H,20,22). The van der Waals surface area contributed by atoms with Crippen molar-refractivity contribution in [3.8, 4) is 5.75 Å². The molecule has 1 saturated heterocycles. The Kier molecular flexibility index (Phi) is 5.38. The van der Waals surface area contributed by atoms with E-state index in [1.807, 2.05) is 20.8 Å². The normalized spacial score (nSPS) is 18.1. The van der Waals surface area contributed by atoms with Crippen molar-refractivity contribution in [3.63, 3.8) is 0 Å². The van der Waals surface area contributed by atoms with Gasteiger partial charge in [-0.3, -0.25) is 4.79 Å². The highest BCUT2D eigenvalue weighted by atomic mass is 16.5. The second kappa shape index (κ2) is 7.70. The fraction of sp³-hybridized carbons (Fsp3) is 0.474. The molecule has 3 rings (SSSR count). The zero-order chi connectivity index (χ0) is 17.8. The van der Waals surface area contributed by atoms with E-state index in [-0.39, 0.29) is 18.1 Å². The number of nitrogens with one attached hydrogen (secondary N) is 1. The summed E-state index contributed by atoms with van der Waals surface area (Å²) >= 11 is 0. The number of benzene rings is 1. The third-order valence-electron chi connectivity index (χ3n) is 4.56. The first-order chi connectivity index (χ1) is 12.0. The lowest BCUT2D eigenvalue weighted by Crippen LogP contribution is -2.40. The molecule has 2 aromatic rings. The second-order valence-electron chi connectivity index (χ2n) is 6.43. The van der Waals surface area contributed by atoms with Crippen molar-refractivity contribution in [2.24, 2.45) is 0 Å². The van der Waals surface area contributed by atoms with Gasteiger partial charge in [0.05, 0.1) is 23.4 Å². The number of aromatic nitrogens is 1. The Balaban J connectivity index is 1.55. The van der Waals surface area contributed by atoms with E-state index in [4.69, 9.17) is 14.0 Å². The summed E-state index contributed by atoms with van der Waals surface area (Å²) < 4.78 is 16.5. The molecular formula is C19H24N2O4. The van der Waals surface area contributed by atoms with Crippen LogP contribution in [0, 0.1) is 13.8 Å². The van der Waals surface area contributed by atoms with Crippen LogP contribution in [0.4, 0.5) is 0 Å². The van der Waals surface area contributed by atoms with Gasteiger partial charge in [0, 0.05) is 12.2 Å². The average Bonchev–Trinajstić information content (AvgIpc) is 3.24. The molecule has 1 aliphatic rings. The van der Waals surface area contributed by atoms with Crippen LogP contribution >= 0.6 is 0 Å². The lowest BCUT2D eigenvalue weighted by molar-refractivity contribution is 0.0712. The van der Waals surface area contributed by atoms with Crippen LogP contribution in [0.15, 0.2) is 28.8 Å². The first-order valence-electron chi connectivity index (χ1n) is 8.61. The number of nitrogens with zero attached hydrogens (tertiary/aromatic N) is 1. The zero-order valence-corrected chi connectivity index (χ0v) is 14.9. The van der Waals surface area contributed by atoms with Gasteiger partial charge in [-0.05, 0) is 57.9 Å². The lowest BCUT2D eigenvalue weighted by Gasteiger charge is -2.20. The predicted molar refractivity (Wildman–Crippen MR) is 92.7 cm³/mol. The maximum absolute atomic E-state index is 12.3. The molecule has 0 saturated carbocycles. The van der Waals surface area contributed by atoms with E-state index in [9.17, 15) is 4.79 Å². The Labute approximate surface area is 147 Å². The maximum atomic E-state index is 12.3. The molecule has 0 aliphatic carbocycles. The van der Waals surface area contributed by atoms with Gasteiger partial charge in [-0.25, -0.2) is 0 Å². The van der Waals surface area contributed by atoms with E-state index in [0.29, 0.717) is 17.9 Å². The molecule has 0 spiro atoms. The van der Waals surface area contributed by atoms with E-state index in [0.717, 1.165) is 36.5 Å². The van der Waals surface area contributed by atoms with Crippen LogP contribution in [-0.2, 0) is 11.3 Å². The second-order valence-corrected chi connectivity index (χ2v) is 6.43. The van der Waals surface area contributed by atoms with Crippen LogP contribution < -0.4 is 10.1 Å². The molecule has 2 atom stereocenters. The minimum atomic E-state index is -0.0970. The topological polar surface area (TPSA) is 73.6 Å². The van der Waals surface area contributed by atoms with Crippen molar-refractivity contribution in [3.05, 3.63) is 46.8 Å². The summed E-state index contributed by atoms with van der Waals surface area (Å²) in [6.45, 7) is 6.90. The summed E-state index contributed by atoms with van der Waals surface area (Å²) in [5.74, 6) is 1.36. The lowest BCUT2D eigenvalue weighted by atomic mass is 10.1. The SMILES string of the molecule is Cc1noc(C)c1COc1ccc(C(=O)NC(C)C2CCCO2)cc1. The van der Waals surface area contributed by atoms with Crippen LogP contribution in [0.25, 0.3) is 0 Å². The van der Waals surface area contributed by atoms with Crippen molar-refractivity contribution in [2.45, 2.75) is 52.4 Å². The molecule has 1 N–H and O–H groups in total. The van der Waals surface area contributed by atoms with Crippen molar-refractivity contribution < 1.29 is 18.8 Å². The summed E-state index contributed by atoms with van der Waals surface area (Å²) in [6, 6.07) is 7.12. The van der Waals surface area contributed by atoms with Crippen molar-refractivity contribution in [1.82, 2.24) is 10.5 Å². The van der Waals surface area contributed by atoms with Crippen LogP contribution in [0.1, 0.15) is 47.1 Å². The molecule has 1 aliphatic heterocycles. The predicted octanol–water partition coefficient (Wildman–Crippen LogP) is 3.17. The zero-order valence-electron chi connectivity index (χ0n) is 14.9. The highest BCUT2D eigenvalue weighted by Crippen LogP contribution is 2.19. The molecule has 1 aromatic carbocycles. The smallest absolute Gasteiger partial charge is 0.251 e. The summed E-state index contributed by atoms with van der Waals surface area (Å²) in [4.78, 5) is 12.3. The van der Waals surface area contributed by atoms with Gasteiger partial charge in [0.25, 0.3) is 5.91 Å². The van der Waals surface area contributed by atoms with Crippen LogP contribution in [0.3, 0.4) is 0 Å². The van der Waals surface area contributed by atoms with Gasteiger partial charge < -0.3 is 19.3 Å². The summed E-state index contributed by atoms with van der Waals surface area (Å²) in [5, 5.41) is 6.91. The fourth-order valence-corrected chi connectivity index (χ4v) is 2.95.